The summed E-state index contributed by atoms with van der Waals surface area (Å²) in [5, 5.41) is 0.589. The molecule has 0 aliphatic rings. The summed E-state index contributed by atoms with van der Waals surface area (Å²) in [6, 6.07) is 15.4. The SMILES string of the molecule is COc1ccc(C(=O)CSc2nc3c(OC)c(OC)c(OC)cc3c(=O)n2-c2ccc(OC)cc2)cc1. The standard InChI is InChI=1S/C27H26N2O7S/c1-32-18-10-6-16(7-11-18)21(30)15-37-27-28-23-20(14-22(34-3)24(35-4)25(23)36-5)26(31)29(27)17-8-12-19(33-2)13-9-17/h6-14H,15H2,1-5H3. The fraction of sp³-hybridized carbons (Fsp3) is 0.222. The van der Waals surface area contributed by atoms with Gasteiger partial charge in [0.15, 0.2) is 22.4 Å². The molecular weight excluding hydrogens is 496 g/mol. The molecule has 0 N–H and O–H groups in total. The molecule has 0 saturated carbocycles. The molecule has 9 nitrogen and oxygen atoms in total. The van der Waals surface area contributed by atoms with Crippen LogP contribution in [0.5, 0.6) is 28.7 Å². The molecular formula is C27H26N2O7S. The van der Waals surface area contributed by atoms with Gasteiger partial charge in [0.1, 0.15) is 17.0 Å². The lowest BCUT2D eigenvalue weighted by Crippen LogP contribution is -2.22. The molecule has 1 aromatic heterocycles. The Morgan fingerprint density at radius 3 is 1.95 bits per heavy atom. The third kappa shape index (κ3) is 5.05. The summed E-state index contributed by atoms with van der Waals surface area (Å²) in [5.74, 6) is 2.14. The van der Waals surface area contributed by atoms with Gasteiger partial charge >= 0.3 is 0 Å². The van der Waals surface area contributed by atoms with Gasteiger partial charge in [-0.3, -0.25) is 14.2 Å². The third-order valence-electron chi connectivity index (χ3n) is 5.71. The number of fused-ring (bicyclic) bond motifs is 1. The molecule has 4 aromatic rings. The summed E-state index contributed by atoms with van der Waals surface area (Å²) < 4.78 is 28.4. The Labute approximate surface area is 217 Å². The number of aromatic nitrogens is 2. The summed E-state index contributed by atoms with van der Waals surface area (Å²) >= 11 is 1.15. The molecule has 0 saturated heterocycles. The zero-order valence-electron chi connectivity index (χ0n) is 21.1. The smallest absolute Gasteiger partial charge is 0.266 e. The Hall–Kier alpha value is -4.18. The Bertz CT molecular complexity index is 1480. The summed E-state index contributed by atoms with van der Waals surface area (Å²) in [7, 11) is 7.56. The van der Waals surface area contributed by atoms with Crippen molar-refractivity contribution in [1.29, 1.82) is 0 Å². The largest absolute Gasteiger partial charge is 0.497 e. The number of Topliss-reactive ketones (excluding diaryl/α,β-unsaturated/α-hetero) is 1. The number of thioether (sulfide) groups is 1. The number of hydrogen-bond donors (Lipinski definition) is 0. The maximum absolute atomic E-state index is 13.9. The van der Waals surface area contributed by atoms with Crippen molar-refractivity contribution in [2.75, 3.05) is 41.3 Å². The lowest BCUT2D eigenvalue weighted by Gasteiger charge is -2.17. The van der Waals surface area contributed by atoms with Crippen molar-refractivity contribution in [3.8, 4) is 34.4 Å². The normalized spacial score (nSPS) is 10.7. The minimum atomic E-state index is -0.353. The Balaban J connectivity index is 1.86. The first-order valence-electron chi connectivity index (χ1n) is 11.2. The zero-order chi connectivity index (χ0) is 26.5. The molecule has 0 aliphatic carbocycles. The van der Waals surface area contributed by atoms with Crippen LogP contribution >= 0.6 is 11.8 Å². The minimum absolute atomic E-state index is 0.0516. The minimum Gasteiger partial charge on any atom is -0.497 e. The second-order valence-electron chi connectivity index (χ2n) is 7.71. The molecule has 0 aliphatic heterocycles. The summed E-state index contributed by atoms with van der Waals surface area (Å²) in [5.41, 5.74) is 1.04. The Morgan fingerprint density at radius 1 is 0.811 bits per heavy atom. The van der Waals surface area contributed by atoms with E-state index in [1.165, 1.54) is 25.9 Å². The number of ether oxygens (including phenoxy) is 5. The first-order valence-corrected chi connectivity index (χ1v) is 12.1. The molecule has 4 rings (SSSR count). The molecule has 0 radical (unpaired) electrons. The van der Waals surface area contributed by atoms with Crippen molar-refractivity contribution in [3.63, 3.8) is 0 Å². The van der Waals surface area contributed by atoms with Crippen LogP contribution in [0.3, 0.4) is 0 Å². The topological polar surface area (TPSA) is 98.1 Å². The maximum atomic E-state index is 13.9. The fourth-order valence-electron chi connectivity index (χ4n) is 3.81. The fourth-order valence-corrected chi connectivity index (χ4v) is 4.71. The van der Waals surface area contributed by atoms with Crippen LogP contribution in [0.4, 0.5) is 0 Å². The first-order chi connectivity index (χ1) is 17.9. The molecule has 37 heavy (non-hydrogen) atoms. The number of carbonyl (C=O) groups is 1. The van der Waals surface area contributed by atoms with Crippen LogP contribution in [-0.4, -0.2) is 56.6 Å². The van der Waals surface area contributed by atoms with Crippen LogP contribution in [0.15, 0.2) is 64.5 Å². The van der Waals surface area contributed by atoms with E-state index >= 15 is 0 Å². The second kappa shape index (κ2) is 11.3. The van der Waals surface area contributed by atoms with Crippen molar-refractivity contribution in [3.05, 3.63) is 70.5 Å². The third-order valence-corrected chi connectivity index (χ3v) is 6.65. The Morgan fingerprint density at radius 2 is 1.41 bits per heavy atom. The summed E-state index contributed by atoms with van der Waals surface area (Å²) in [6.45, 7) is 0. The van der Waals surface area contributed by atoms with Gasteiger partial charge in [-0.05, 0) is 54.6 Å². The van der Waals surface area contributed by atoms with E-state index in [1.807, 2.05) is 0 Å². The van der Waals surface area contributed by atoms with Crippen molar-refractivity contribution in [2.45, 2.75) is 5.16 Å². The van der Waals surface area contributed by atoms with Crippen molar-refractivity contribution in [1.82, 2.24) is 9.55 Å². The monoisotopic (exact) mass is 522 g/mol. The van der Waals surface area contributed by atoms with E-state index in [4.69, 9.17) is 28.7 Å². The lowest BCUT2D eigenvalue weighted by molar-refractivity contribution is 0.102. The van der Waals surface area contributed by atoms with Crippen LogP contribution in [-0.2, 0) is 0 Å². The number of nitrogens with zero attached hydrogens (tertiary/aromatic N) is 2. The van der Waals surface area contributed by atoms with Crippen LogP contribution in [0, 0.1) is 0 Å². The van der Waals surface area contributed by atoms with Gasteiger partial charge in [0.25, 0.3) is 5.56 Å². The second-order valence-corrected chi connectivity index (χ2v) is 8.66. The van der Waals surface area contributed by atoms with Gasteiger partial charge in [0, 0.05) is 5.56 Å². The van der Waals surface area contributed by atoms with E-state index in [1.54, 1.807) is 68.8 Å². The zero-order valence-corrected chi connectivity index (χ0v) is 21.9. The summed E-state index contributed by atoms with van der Waals surface area (Å²) in [6.07, 6.45) is 0. The highest BCUT2D eigenvalue weighted by atomic mass is 32.2. The molecule has 192 valence electrons. The Kier molecular flexibility index (Phi) is 7.88. The molecule has 10 heteroatoms. The highest BCUT2D eigenvalue weighted by Crippen LogP contribution is 2.42. The average Bonchev–Trinajstić information content (AvgIpc) is 2.95. The van der Waals surface area contributed by atoms with Gasteiger partial charge in [-0.25, -0.2) is 4.98 Å². The van der Waals surface area contributed by atoms with E-state index < -0.39 is 0 Å². The molecule has 3 aromatic carbocycles. The van der Waals surface area contributed by atoms with E-state index in [9.17, 15) is 9.59 Å². The number of rotatable bonds is 10. The van der Waals surface area contributed by atoms with Crippen molar-refractivity contribution < 1.29 is 28.5 Å². The molecule has 0 fully saturated rings. The van der Waals surface area contributed by atoms with Gasteiger partial charge in [0.05, 0.1) is 52.4 Å². The van der Waals surface area contributed by atoms with Gasteiger partial charge in [-0.15, -0.1) is 0 Å². The molecule has 0 spiro atoms. The molecule has 0 amide bonds. The van der Waals surface area contributed by atoms with E-state index in [-0.39, 0.29) is 28.2 Å². The van der Waals surface area contributed by atoms with Crippen LogP contribution in [0.25, 0.3) is 16.6 Å². The number of hydrogen-bond acceptors (Lipinski definition) is 9. The first kappa shape index (κ1) is 25.9. The quantitative estimate of drug-likeness (QED) is 0.170. The molecule has 0 bridgehead atoms. The summed E-state index contributed by atoms with van der Waals surface area (Å²) in [4.78, 5) is 31.6. The van der Waals surface area contributed by atoms with Gasteiger partial charge in [-0.2, -0.15) is 0 Å². The highest BCUT2D eigenvalue weighted by molar-refractivity contribution is 7.99. The van der Waals surface area contributed by atoms with Crippen molar-refractivity contribution in [2.24, 2.45) is 0 Å². The maximum Gasteiger partial charge on any atom is 0.266 e. The van der Waals surface area contributed by atoms with Crippen molar-refractivity contribution >= 4 is 28.4 Å². The van der Waals surface area contributed by atoms with E-state index in [2.05, 4.69) is 0 Å². The van der Waals surface area contributed by atoms with Gasteiger partial charge < -0.3 is 23.7 Å². The number of carbonyl (C=O) groups excluding carboxylic acids is 1. The van der Waals surface area contributed by atoms with Crippen LogP contribution in [0.1, 0.15) is 10.4 Å². The van der Waals surface area contributed by atoms with Crippen LogP contribution < -0.4 is 29.2 Å². The lowest BCUT2D eigenvalue weighted by atomic mass is 10.1. The van der Waals surface area contributed by atoms with Crippen LogP contribution in [0.2, 0.25) is 0 Å². The molecule has 1 heterocycles. The predicted octanol–water partition coefficient (Wildman–Crippen LogP) is 4.40. The number of methoxy groups -OCH3 is 5. The predicted molar refractivity (Wildman–Crippen MR) is 142 cm³/mol. The number of benzene rings is 3. The number of ketones is 1. The average molecular weight is 523 g/mol. The molecule has 0 unspecified atom stereocenters. The van der Waals surface area contributed by atoms with E-state index in [0.717, 1.165) is 11.8 Å². The highest BCUT2D eigenvalue weighted by Gasteiger charge is 2.23. The van der Waals surface area contributed by atoms with Gasteiger partial charge in [0.2, 0.25) is 5.75 Å². The van der Waals surface area contributed by atoms with Gasteiger partial charge in [-0.1, -0.05) is 11.8 Å². The molecule has 0 atom stereocenters. The van der Waals surface area contributed by atoms with E-state index in [0.29, 0.717) is 44.9 Å².